The van der Waals surface area contributed by atoms with E-state index in [-0.39, 0.29) is 24.7 Å². The van der Waals surface area contributed by atoms with Crippen molar-refractivity contribution in [1.82, 2.24) is 9.80 Å². The molecule has 0 saturated carbocycles. The van der Waals surface area contributed by atoms with Crippen LogP contribution >= 0.6 is 11.8 Å². The van der Waals surface area contributed by atoms with Crippen LogP contribution < -0.4 is 0 Å². The highest BCUT2D eigenvalue weighted by atomic mass is 32.2. The van der Waals surface area contributed by atoms with Gasteiger partial charge in [-0.1, -0.05) is 0 Å². The van der Waals surface area contributed by atoms with Gasteiger partial charge >= 0.3 is 11.9 Å². The number of morpholine rings is 1. The monoisotopic (exact) mass is 360 g/mol. The number of hydrogen-bond donors (Lipinski definition) is 0. The van der Waals surface area contributed by atoms with Crippen LogP contribution in [0.2, 0.25) is 0 Å². The summed E-state index contributed by atoms with van der Waals surface area (Å²) >= 11 is 1.21. The molecule has 0 spiro atoms. The van der Waals surface area contributed by atoms with Gasteiger partial charge in [0, 0.05) is 18.8 Å². The summed E-state index contributed by atoms with van der Waals surface area (Å²) in [6.45, 7) is 5.28. The second-order valence-corrected chi connectivity index (χ2v) is 7.11. The number of hydrogen-bond acceptors (Lipinski definition) is 8. The van der Waals surface area contributed by atoms with Crippen LogP contribution in [-0.4, -0.2) is 90.9 Å². The van der Waals surface area contributed by atoms with Gasteiger partial charge in [-0.3, -0.25) is 9.69 Å². The Balaban J connectivity index is 2.11. The van der Waals surface area contributed by atoms with E-state index in [9.17, 15) is 14.4 Å². The molecule has 0 radical (unpaired) electrons. The number of rotatable bonds is 4. The molecule has 0 aromatic carbocycles. The molecule has 1 amide bonds. The molecule has 2 saturated heterocycles. The van der Waals surface area contributed by atoms with Gasteiger partial charge in [0.15, 0.2) is 5.37 Å². The highest BCUT2D eigenvalue weighted by molar-refractivity contribution is 8.00. The van der Waals surface area contributed by atoms with Crippen LogP contribution in [0.3, 0.4) is 0 Å². The third kappa shape index (κ3) is 4.20. The Bertz CT molecular complexity index is 468. The van der Waals surface area contributed by atoms with Crippen LogP contribution in [0, 0.1) is 0 Å². The minimum absolute atomic E-state index is 0.0299. The number of methoxy groups -OCH3 is 2. The van der Waals surface area contributed by atoms with E-state index in [1.165, 1.54) is 30.9 Å². The third-order valence-corrected chi connectivity index (χ3v) is 5.26. The van der Waals surface area contributed by atoms with Gasteiger partial charge < -0.3 is 19.1 Å². The van der Waals surface area contributed by atoms with Crippen molar-refractivity contribution in [1.29, 1.82) is 0 Å². The number of ether oxygens (including phenoxy) is 3. The zero-order valence-electron chi connectivity index (χ0n) is 14.4. The SMILES string of the molecule is COC(=O)[C@H]1SC[C@@H](C(=O)OC)N1C(=O)CN1C[C@@H](C)O[C@H](C)C1. The molecule has 136 valence electrons. The standard InChI is InChI=1S/C15H24N2O6S/c1-9-5-16(6-10(2)23-9)7-12(18)17-11(14(19)21-3)8-24-13(17)15(20)22-4/h9-11,13H,5-8H2,1-4H3/t9-,10-,11+,13-/m1/s1. The molecule has 2 fully saturated rings. The van der Waals surface area contributed by atoms with Crippen molar-refractivity contribution in [3.8, 4) is 0 Å². The summed E-state index contributed by atoms with van der Waals surface area (Å²) in [6.07, 6.45) is 0.0598. The maximum atomic E-state index is 12.8. The zero-order valence-corrected chi connectivity index (χ0v) is 15.2. The predicted molar refractivity (Wildman–Crippen MR) is 87.4 cm³/mol. The van der Waals surface area contributed by atoms with Gasteiger partial charge in [0.1, 0.15) is 6.04 Å². The van der Waals surface area contributed by atoms with Crippen LogP contribution in [0.25, 0.3) is 0 Å². The van der Waals surface area contributed by atoms with Crippen molar-refractivity contribution >= 4 is 29.6 Å². The summed E-state index contributed by atoms with van der Waals surface area (Å²) < 4.78 is 15.2. The Morgan fingerprint density at radius 2 is 1.67 bits per heavy atom. The van der Waals surface area contributed by atoms with E-state index >= 15 is 0 Å². The van der Waals surface area contributed by atoms with Crippen molar-refractivity contribution < 1.29 is 28.6 Å². The normalized spacial score (nSPS) is 30.9. The Morgan fingerprint density at radius 1 is 1.08 bits per heavy atom. The first kappa shape index (κ1) is 19.0. The number of carbonyl (C=O) groups is 3. The van der Waals surface area contributed by atoms with E-state index in [0.717, 1.165) is 0 Å². The molecule has 0 N–H and O–H groups in total. The van der Waals surface area contributed by atoms with Crippen molar-refractivity contribution in [2.75, 3.05) is 39.6 Å². The van der Waals surface area contributed by atoms with Gasteiger partial charge in [-0.25, -0.2) is 9.59 Å². The molecule has 0 bridgehead atoms. The lowest BCUT2D eigenvalue weighted by molar-refractivity contribution is -0.158. The minimum atomic E-state index is -0.817. The maximum absolute atomic E-state index is 12.8. The fraction of sp³-hybridized carbons (Fsp3) is 0.800. The fourth-order valence-electron chi connectivity index (χ4n) is 3.10. The summed E-state index contributed by atoms with van der Waals surface area (Å²) in [6, 6.07) is -0.771. The molecule has 2 heterocycles. The van der Waals surface area contributed by atoms with Crippen LogP contribution in [0.15, 0.2) is 0 Å². The highest BCUT2D eigenvalue weighted by Gasteiger charge is 2.46. The largest absolute Gasteiger partial charge is 0.467 e. The molecule has 0 unspecified atom stereocenters. The zero-order chi connectivity index (χ0) is 17.9. The average molecular weight is 360 g/mol. The summed E-state index contributed by atoms with van der Waals surface area (Å²) in [7, 11) is 2.54. The maximum Gasteiger partial charge on any atom is 0.339 e. The lowest BCUT2D eigenvalue weighted by atomic mass is 10.2. The Morgan fingerprint density at radius 3 is 2.21 bits per heavy atom. The molecule has 0 aliphatic carbocycles. The van der Waals surface area contributed by atoms with Crippen LogP contribution in [0.4, 0.5) is 0 Å². The Labute approximate surface area is 145 Å². The number of thioether (sulfide) groups is 1. The summed E-state index contributed by atoms with van der Waals surface area (Å²) in [5, 5.41) is -0.817. The van der Waals surface area contributed by atoms with E-state index in [2.05, 4.69) is 0 Å². The highest BCUT2D eigenvalue weighted by Crippen LogP contribution is 2.31. The third-order valence-electron chi connectivity index (χ3n) is 4.02. The number of amides is 1. The van der Waals surface area contributed by atoms with Crippen molar-refractivity contribution in [3.05, 3.63) is 0 Å². The first-order valence-electron chi connectivity index (χ1n) is 7.83. The van der Waals surface area contributed by atoms with E-state index < -0.39 is 23.4 Å². The van der Waals surface area contributed by atoms with Gasteiger partial charge in [-0.2, -0.15) is 0 Å². The van der Waals surface area contributed by atoms with Gasteiger partial charge in [0.05, 0.1) is 33.0 Å². The molecule has 24 heavy (non-hydrogen) atoms. The van der Waals surface area contributed by atoms with Gasteiger partial charge in [0.25, 0.3) is 0 Å². The minimum Gasteiger partial charge on any atom is -0.467 e. The van der Waals surface area contributed by atoms with Crippen LogP contribution in [0.5, 0.6) is 0 Å². The molecule has 8 nitrogen and oxygen atoms in total. The summed E-state index contributed by atoms with van der Waals surface area (Å²) in [5.41, 5.74) is 0. The summed E-state index contributed by atoms with van der Waals surface area (Å²) in [5.74, 6) is -1.03. The fourth-order valence-corrected chi connectivity index (χ4v) is 4.42. The van der Waals surface area contributed by atoms with Crippen molar-refractivity contribution in [2.45, 2.75) is 37.5 Å². The van der Waals surface area contributed by atoms with E-state index in [4.69, 9.17) is 14.2 Å². The van der Waals surface area contributed by atoms with Gasteiger partial charge in [-0.05, 0) is 13.8 Å². The molecule has 2 aliphatic rings. The average Bonchev–Trinajstić information content (AvgIpc) is 2.97. The second kappa shape index (κ2) is 8.17. The van der Waals surface area contributed by atoms with E-state index in [1.807, 2.05) is 18.7 Å². The number of nitrogens with zero attached hydrogens (tertiary/aromatic N) is 2. The molecule has 2 rings (SSSR count). The molecule has 4 atom stereocenters. The van der Waals surface area contributed by atoms with Crippen LogP contribution in [0.1, 0.15) is 13.8 Å². The van der Waals surface area contributed by atoms with Crippen LogP contribution in [-0.2, 0) is 28.6 Å². The van der Waals surface area contributed by atoms with Gasteiger partial charge in [0.2, 0.25) is 5.91 Å². The molecule has 2 aliphatic heterocycles. The second-order valence-electron chi connectivity index (χ2n) is 6.00. The first-order valence-corrected chi connectivity index (χ1v) is 8.88. The molecular weight excluding hydrogens is 336 g/mol. The Hall–Kier alpha value is -1.32. The molecule has 9 heteroatoms. The van der Waals surface area contributed by atoms with Gasteiger partial charge in [-0.15, -0.1) is 11.8 Å². The lowest BCUT2D eigenvalue weighted by Crippen LogP contribution is -2.54. The molecular formula is C15H24N2O6S. The topological polar surface area (TPSA) is 85.4 Å². The molecule has 0 aromatic heterocycles. The summed E-state index contributed by atoms with van der Waals surface area (Å²) in [4.78, 5) is 40.0. The lowest BCUT2D eigenvalue weighted by Gasteiger charge is -2.36. The number of carbonyl (C=O) groups excluding carboxylic acids is 3. The van der Waals surface area contributed by atoms with E-state index in [0.29, 0.717) is 18.8 Å². The van der Waals surface area contributed by atoms with Crippen molar-refractivity contribution in [3.63, 3.8) is 0 Å². The number of esters is 2. The molecule has 0 aromatic rings. The van der Waals surface area contributed by atoms with E-state index in [1.54, 1.807) is 0 Å². The van der Waals surface area contributed by atoms with Crippen molar-refractivity contribution in [2.24, 2.45) is 0 Å². The first-order chi connectivity index (χ1) is 11.4. The quantitative estimate of drug-likeness (QED) is 0.633. The Kier molecular flexibility index (Phi) is 6.47. The predicted octanol–water partition coefficient (Wildman–Crippen LogP) is -0.288. The smallest absolute Gasteiger partial charge is 0.339 e.